The molecular weight excluding hydrogens is 576 g/mol. The fraction of sp³-hybridized carbons (Fsp3) is 0.375. The number of para-hydroxylation sites is 1. The largest absolute Gasteiger partial charge is 0.491 e. The Bertz CT molecular complexity index is 1710. The first-order valence-electron chi connectivity index (χ1n) is 15.0. The number of aromatic nitrogens is 4. The molecule has 13 nitrogen and oxygen atoms in total. The van der Waals surface area contributed by atoms with Crippen molar-refractivity contribution < 1.29 is 23.9 Å². The summed E-state index contributed by atoms with van der Waals surface area (Å²) < 4.78 is 7.59. The third-order valence-corrected chi connectivity index (χ3v) is 7.78. The van der Waals surface area contributed by atoms with E-state index in [0.29, 0.717) is 23.6 Å². The topological polar surface area (TPSA) is 172 Å². The Morgan fingerprint density at radius 3 is 2.60 bits per heavy atom. The molecule has 3 atom stereocenters. The van der Waals surface area contributed by atoms with E-state index in [1.54, 1.807) is 49.8 Å². The lowest BCUT2D eigenvalue weighted by Gasteiger charge is -2.26. The van der Waals surface area contributed by atoms with E-state index < -0.39 is 41.8 Å². The van der Waals surface area contributed by atoms with Crippen molar-refractivity contribution in [1.29, 1.82) is 0 Å². The molecule has 236 valence electrons. The average molecular weight is 615 g/mol. The van der Waals surface area contributed by atoms with Gasteiger partial charge in [0.2, 0.25) is 17.7 Å². The van der Waals surface area contributed by atoms with Gasteiger partial charge in [-0.05, 0) is 49.1 Å². The number of carbonyl (C=O) groups excluding carboxylic acids is 4. The minimum Gasteiger partial charge on any atom is -0.491 e. The van der Waals surface area contributed by atoms with Crippen molar-refractivity contribution in [2.75, 3.05) is 6.61 Å². The molecule has 3 heterocycles. The van der Waals surface area contributed by atoms with Gasteiger partial charge in [-0.3, -0.25) is 19.2 Å². The predicted octanol–water partition coefficient (Wildman–Crippen LogP) is 1.76. The zero-order valence-corrected chi connectivity index (χ0v) is 25.7. The fourth-order valence-corrected chi connectivity index (χ4v) is 5.13. The normalized spacial score (nSPS) is 20.4. The van der Waals surface area contributed by atoms with Crippen LogP contribution in [-0.2, 0) is 33.9 Å². The molecule has 0 saturated carbocycles. The maximum atomic E-state index is 13.8. The number of H-pyrrole nitrogens is 1. The van der Waals surface area contributed by atoms with E-state index in [1.807, 2.05) is 37.4 Å². The summed E-state index contributed by atoms with van der Waals surface area (Å²) in [5.74, 6) is -1.74. The Labute approximate surface area is 260 Å². The number of fused-ring (bicyclic) bond motifs is 5. The number of rotatable bonds is 3. The van der Waals surface area contributed by atoms with Crippen LogP contribution in [0.15, 0.2) is 54.9 Å². The number of amides is 4. The molecule has 4 amide bonds. The highest BCUT2D eigenvalue weighted by molar-refractivity contribution is 5.99. The molecule has 0 radical (unpaired) electrons. The van der Waals surface area contributed by atoms with Crippen LogP contribution in [0, 0.1) is 12.8 Å². The van der Waals surface area contributed by atoms with Gasteiger partial charge in [-0.1, -0.05) is 43.3 Å². The lowest BCUT2D eigenvalue weighted by atomic mass is 10.00. The first-order valence-corrected chi connectivity index (χ1v) is 15.0. The number of aryl methyl sites for hydroxylation is 1. The van der Waals surface area contributed by atoms with E-state index in [1.165, 1.54) is 0 Å². The fourth-order valence-electron chi connectivity index (χ4n) is 5.13. The predicted molar refractivity (Wildman–Crippen MR) is 166 cm³/mol. The first-order chi connectivity index (χ1) is 21.6. The maximum Gasteiger partial charge on any atom is 0.252 e. The number of hydrogen-bond acceptors (Lipinski definition) is 7. The highest BCUT2D eigenvalue weighted by atomic mass is 16.5. The molecule has 4 aromatic rings. The standard InChI is InChI=1S/C32H38N8O5/c1-18(2)28-32(44)35-20(4)29(41)34-16-23-17-40(39-38-23)11-12-45-27-14-21(10-9-19(27)3)30(42)36-26(31(43)37-28)13-22-15-33-25-8-6-5-7-24(22)25/h5-10,14-15,17-18,20,26,28,33H,11-13,16H2,1-4H3,(H,34,41)(H,35,44)(H,36,42)(H,37,43)/t20-,26-,28+/m1/s1. The van der Waals surface area contributed by atoms with Gasteiger partial charge in [0.05, 0.1) is 19.3 Å². The summed E-state index contributed by atoms with van der Waals surface area (Å²) in [5, 5.41) is 20.3. The third kappa shape index (κ3) is 7.48. The quantitative estimate of drug-likeness (QED) is 0.234. The lowest BCUT2D eigenvalue weighted by Crippen LogP contribution is -2.58. The van der Waals surface area contributed by atoms with Crippen molar-refractivity contribution in [3.63, 3.8) is 0 Å². The van der Waals surface area contributed by atoms with Gasteiger partial charge < -0.3 is 31.0 Å². The number of nitrogens with zero attached hydrogens (tertiary/aromatic N) is 3. The molecule has 4 bridgehead atoms. The molecule has 13 heteroatoms. The Morgan fingerprint density at radius 1 is 1.00 bits per heavy atom. The van der Waals surface area contributed by atoms with E-state index in [0.717, 1.165) is 22.0 Å². The smallest absolute Gasteiger partial charge is 0.252 e. The number of ether oxygens (including phenoxy) is 1. The molecule has 0 fully saturated rings. The van der Waals surface area contributed by atoms with E-state index in [9.17, 15) is 19.2 Å². The summed E-state index contributed by atoms with van der Waals surface area (Å²) in [4.78, 5) is 56.8. The van der Waals surface area contributed by atoms with Crippen molar-refractivity contribution >= 4 is 34.5 Å². The number of nitrogens with one attached hydrogen (secondary N) is 5. The summed E-state index contributed by atoms with van der Waals surface area (Å²) >= 11 is 0. The van der Waals surface area contributed by atoms with Crippen molar-refractivity contribution in [3.05, 3.63) is 77.2 Å². The molecule has 5 rings (SSSR count). The van der Waals surface area contributed by atoms with Crippen molar-refractivity contribution in [1.82, 2.24) is 41.2 Å². The van der Waals surface area contributed by atoms with Gasteiger partial charge in [-0.2, -0.15) is 0 Å². The minimum atomic E-state index is -1.02. The molecule has 5 N–H and O–H groups in total. The van der Waals surface area contributed by atoms with Crippen LogP contribution in [0.3, 0.4) is 0 Å². The number of hydrogen-bond donors (Lipinski definition) is 5. The van der Waals surface area contributed by atoms with E-state index in [-0.39, 0.29) is 25.5 Å². The summed E-state index contributed by atoms with van der Waals surface area (Å²) in [6, 6.07) is 9.90. The maximum absolute atomic E-state index is 13.8. The minimum absolute atomic E-state index is 0.120. The Balaban J connectivity index is 1.46. The summed E-state index contributed by atoms with van der Waals surface area (Å²) in [7, 11) is 0. The monoisotopic (exact) mass is 614 g/mol. The van der Waals surface area contributed by atoms with Crippen molar-refractivity contribution in [2.45, 2.75) is 65.3 Å². The van der Waals surface area contributed by atoms with Gasteiger partial charge in [0.25, 0.3) is 5.91 Å². The lowest BCUT2D eigenvalue weighted by molar-refractivity contribution is -0.133. The Hall–Kier alpha value is -5.20. The van der Waals surface area contributed by atoms with Gasteiger partial charge in [0, 0.05) is 29.1 Å². The molecule has 0 saturated heterocycles. The van der Waals surface area contributed by atoms with Gasteiger partial charge >= 0.3 is 0 Å². The summed E-state index contributed by atoms with van der Waals surface area (Å²) in [6.45, 7) is 7.78. The van der Waals surface area contributed by atoms with Crippen LogP contribution < -0.4 is 26.0 Å². The third-order valence-electron chi connectivity index (χ3n) is 7.78. The van der Waals surface area contributed by atoms with Crippen LogP contribution in [0.5, 0.6) is 5.75 Å². The van der Waals surface area contributed by atoms with Crippen LogP contribution in [0.2, 0.25) is 0 Å². The Morgan fingerprint density at radius 2 is 1.80 bits per heavy atom. The zero-order chi connectivity index (χ0) is 32.1. The highest BCUT2D eigenvalue weighted by Gasteiger charge is 2.31. The summed E-state index contributed by atoms with van der Waals surface area (Å²) in [5.41, 5.74) is 3.42. The SMILES string of the molecule is Cc1ccc2cc1OCCn1cc(nn1)CNC(=O)[C@@H](C)NC(=O)[C@H](C(C)C)NC(=O)[C@@H](Cc1c[nH]c3ccccc13)NC2=O. The second-order valence-electron chi connectivity index (χ2n) is 11.6. The van der Waals surface area contributed by atoms with Crippen LogP contribution in [0.4, 0.5) is 0 Å². The molecule has 45 heavy (non-hydrogen) atoms. The molecule has 0 aliphatic carbocycles. The second kappa shape index (κ2) is 13.6. The van der Waals surface area contributed by atoms with Crippen LogP contribution in [0.1, 0.15) is 48.0 Å². The molecule has 2 aromatic heterocycles. The van der Waals surface area contributed by atoms with Gasteiger partial charge in [0.1, 0.15) is 36.2 Å². The number of benzene rings is 2. The van der Waals surface area contributed by atoms with Crippen LogP contribution >= 0.6 is 0 Å². The van der Waals surface area contributed by atoms with E-state index >= 15 is 0 Å². The second-order valence-corrected chi connectivity index (χ2v) is 11.6. The van der Waals surface area contributed by atoms with Gasteiger partial charge in [-0.15, -0.1) is 5.10 Å². The van der Waals surface area contributed by atoms with Gasteiger partial charge in [-0.25, -0.2) is 4.68 Å². The molecular formula is C32H38N8O5. The average Bonchev–Trinajstić information content (AvgIpc) is 3.65. The molecule has 1 aliphatic heterocycles. The van der Waals surface area contributed by atoms with Crippen LogP contribution in [-0.4, -0.2) is 68.3 Å². The summed E-state index contributed by atoms with van der Waals surface area (Å²) in [6.07, 6.45) is 3.68. The molecule has 0 unspecified atom stereocenters. The van der Waals surface area contributed by atoms with E-state index in [2.05, 4.69) is 36.6 Å². The zero-order valence-electron chi connectivity index (χ0n) is 25.7. The Kier molecular flexibility index (Phi) is 9.45. The molecule has 1 aliphatic rings. The highest BCUT2D eigenvalue weighted by Crippen LogP contribution is 2.22. The van der Waals surface area contributed by atoms with Gasteiger partial charge in [0.15, 0.2) is 0 Å². The van der Waals surface area contributed by atoms with E-state index in [4.69, 9.17) is 4.74 Å². The molecule has 2 aromatic carbocycles. The van der Waals surface area contributed by atoms with Crippen molar-refractivity contribution in [3.8, 4) is 5.75 Å². The number of carbonyl (C=O) groups is 4. The first kappa shape index (κ1) is 31.2. The van der Waals surface area contributed by atoms with Crippen LogP contribution in [0.25, 0.3) is 10.9 Å². The molecule has 0 spiro atoms. The number of aromatic amines is 1. The van der Waals surface area contributed by atoms with Crippen molar-refractivity contribution in [2.24, 2.45) is 5.92 Å².